The predicted octanol–water partition coefficient (Wildman–Crippen LogP) is 4.24. The SMILES string of the molecule is COc1ccc(C)cc1NC(C)c1cccs1. The molecule has 90 valence electrons. The van der Waals surface area contributed by atoms with Crippen molar-refractivity contribution < 1.29 is 4.74 Å². The average Bonchev–Trinajstić information content (AvgIpc) is 2.83. The van der Waals surface area contributed by atoms with Gasteiger partial charge in [-0.3, -0.25) is 0 Å². The molecule has 0 saturated heterocycles. The van der Waals surface area contributed by atoms with E-state index in [-0.39, 0.29) is 0 Å². The second-order valence-electron chi connectivity index (χ2n) is 4.09. The molecule has 1 atom stereocenters. The van der Waals surface area contributed by atoms with E-state index in [1.165, 1.54) is 10.4 Å². The van der Waals surface area contributed by atoms with Gasteiger partial charge in [-0.15, -0.1) is 11.3 Å². The lowest BCUT2D eigenvalue weighted by molar-refractivity contribution is 0.416. The molecule has 17 heavy (non-hydrogen) atoms. The summed E-state index contributed by atoms with van der Waals surface area (Å²) >= 11 is 1.76. The summed E-state index contributed by atoms with van der Waals surface area (Å²) in [4.78, 5) is 1.33. The number of methoxy groups -OCH3 is 1. The third-order valence-electron chi connectivity index (χ3n) is 2.70. The molecule has 2 nitrogen and oxygen atoms in total. The van der Waals surface area contributed by atoms with Gasteiger partial charge in [-0.2, -0.15) is 0 Å². The highest BCUT2D eigenvalue weighted by molar-refractivity contribution is 7.10. The molecule has 1 heterocycles. The number of hydrogen-bond donors (Lipinski definition) is 1. The molecule has 0 aliphatic rings. The predicted molar refractivity (Wildman–Crippen MR) is 74.1 cm³/mol. The van der Waals surface area contributed by atoms with Gasteiger partial charge < -0.3 is 10.1 Å². The molecule has 2 aromatic rings. The molecule has 0 radical (unpaired) electrons. The van der Waals surface area contributed by atoms with E-state index in [1.807, 2.05) is 6.07 Å². The highest BCUT2D eigenvalue weighted by Gasteiger charge is 2.09. The molecule has 0 aliphatic heterocycles. The molecule has 2 rings (SSSR count). The number of ether oxygens (including phenoxy) is 1. The zero-order valence-corrected chi connectivity index (χ0v) is 11.2. The van der Waals surface area contributed by atoms with Crippen molar-refractivity contribution in [1.82, 2.24) is 0 Å². The smallest absolute Gasteiger partial charge is 0.141 e. The first kappa shape index (κ1) is 12.0. The molecule has 1 aromatic heterocycles. The van der Waals surface area contributed by atoms with Crippen molar-refractivity contribution in [3.63, 3.8) is 0 Å². The summed E-state index contributed by atoms with van der Waals surface area (Å²) in [5.74, 6) is 0.888. The van der Waals surface area contributed by atoms with E-state index in [1.54, 1.807) is 18.4 Å². The molecule has 3 heteroatoms. The van der Waals surface area contributed by atoms with Crippen LogP contribution in [0.5, 0.6) is 5.75 Å². The normalized spacial score (nSPS) is 12.2. The van der Waals surface area contributed by atoms with Gasteiger partial charge in [-0.1, -0.05) is 12.1 Å². The lowest BCUT2D eigenvalue weighted by Gasteiger charge is -2.17. The molecule has 1 unspecified atom stereocenters. The molecule has 0 aliphatic carbocycles. The second-order valence-corrected chi connectivity index (χ2v) is 5.06. The maximum atomic E-state index is 5.36. The van der Waals surface area contributed by atoms with Crippen molar-refractivity contribution in [3.05, 3.63) is 46.2 Å². The standard InChI is InChI=1S/C14H17NOS/c1-10-6-7-13(16-3)12(9-10)15-11(2)14-5-4-8-17-14/h4-9,11,15H,1-3H3. The Morgan fingerprint density at radius 3 is 2.76 bits per heavy atom. The molecule has 0 spiro atoms. The van der Waals surface area contributed by atoms with Crippen molar-refractivity contribution in [3.8, 4) is 5.75 Å². The van der Waals surface area contributed by atoms with Gasteiger partial charge in [0.1, 0.15) is 5.75 Å². The van der Waals surface area contributed by atoms with Crippen LogP contribution in [0.15, 0.2) is 35.7 Å². The van der Waals surface area contributed by atoms with E-state index in [4.69, 9.17) is 4.74 Å². The van der Waals surface area contributed by atoms with Gasteiger partial charge in [0.05, 0.1) is 18.8 Å². The Hall–Kier alpha value is -1.48. The van der Waals surface area contributed by atoms with Crippen molar-refractivity contribution in [2.45, 2.75) is 19.9 Å². The summed E-state index contributed by atoms with van der Waals surface area (Å²) in [7, 11) is 1.70. The van der Waals surface area contributed by atoms with Gasteiger partial charge >= 0.3 is 0 Å². The highest BCUT2D eigenvalue weighted by atomic mass is 32.1. The van der Waals surface area contributed by atoms with E-state index in [0.717, 1.165) is 11.4 Å². The van der Waals surface area contributed by atoms with Crippen LogP contribution >= 0.6 is 11.3 Å². The lowest BCUT2D eigenvalue weighted by Crippen LogP contribution is -2.06. The van der Waals surface area contributed by atoms with Crippen molar-refractivity contribution in [1.29, 1.82) is 0 Å². The molecule has 0 bridgehead atoms. The van der Waals surface area contributed by atoms with E-state index >= 15 is 0 Å². The maximum Gasteiger partial charge on any atom is 0.141 e. The van der Waals surface area contributed by atoms with Gasteiger partial charge in [0.2, 0.25) is 0 Å². The third-order valence-corrected chi connectivity index (χ3v) is 3.75. The summed E-state index contributed by atoms with van der Waals surface area (Å²) in [5.41, 5.74) is 2.28. The van der Waals surface area contributed by atoms with Crippen molar-refractivity contribution >= 4 is 17.0 Å². The van der Waals surface area contributed by atoms with Crippen molar-refractivity contribution in [2.75, 3.05) is 12.4 Å². The minimum atomic E-state index is 0.297. The summed E-state index contributed by atoms with van der Waals surface area (Å²) < 4.78 is 5.36. The van der Waals surface area contributed by atoms with E-state index < -0.39 is 0 Å². The number of aryl methyl sites for hydroxylation is 1. The first-order valence-corrected chi connectivity index (χ1v) is 6.53. The van der Waals surface area contributed by atoms with Gasteiger partial charge in [0, 0.05) is 4.88 Å². The monoisotopic (exact) mass is 247 g/mol. The summed E-state index contributed by atoms with van der Waals surface area (Å²) in [5, 5.41) is 5.59. The van der Waals surface area contributed by atoms with Crippen LogP contribution in [0.1, 0.15) is 23.4 Å². The van der Waals surface area contributed by atoms with Crippen LogP contribution in [-0.4, -0.2) is 7.11 Å². The summed E-state index contributed by atoms with van der Waals surface area (Å²) in [6.45, 7) is 4.24. The number of benzene rings is 1. The van der Waals surface area contributed by atoms with Gasteiger partial charge in [-0.25, -0.2) is 0 Å². The van der Waals surface area contributed by atoms with Gasteiger partial charge in [0.25, 0.3) is 0 Å². The Morgan fingerprint density at radius 2 is 2.12 bits per heavy atom. The molecule has 0 amide bonds. The van der Waals surface area contributed by atoms with E-state index in [9.17, 15) is 0 Å². The van der Waals surface area contributed by atoms with Crippen LogP contribution < -0.4 is 10.1 Å². The average molecular weight is 247 g/mol. The Labute approximate surface area is 106 Å². The Morgan fingerprint density at radius 1 is 1.29 bits per heavy atom. The zero-order valence-electron chi connectivity index (χ0n) is 10.4. The number of thiophene rings is 1. The molecule has 1 N–H and O–H groups in total. The fraction of sp³-hybridized carbons (Fsp3) is 0.286. The van der Waals surface area contributed by atoms with Crippen LogP contribution in [0.25, 0.3) is 0 Å². The zero-order chi connectivity index (χ0) is 12.3. The first-order chi connectivity index (χ1) is 8.20. The van der Waals surface area contributed by atoms with Gasteiger partial charge in [0.15, 0.2) is 0 Å². The molecular formula is C14H17NOS. The fourth-order valence-corrected chi connectivity index (χ4v) is 2.51. The molecular weight excluding hydrogens is 230 g/mol. The summed E-state index contributed by atoms with van der Waals surface area (Å²) in [6.07, 6.45) is 0. The fourth-order valence-electron chi connectivity index (χ4n) is 1.78. The Kier molecular flexibility index (Phi) is 3.69. The molecule has 1 aromatic carbocycles. The van der Waals surface area contributed by atoms with Gasteiger partial charge in [-0.05, 0) is 43.0 Å². The second kappa shape index (κ2) is 5.23. The van der Waals surface area contributed by atoms with E-state index in [2.05, 4.69) is 48.8 Å². The summed E-state index contributed by atoms with van der Waals surface area (Å²) in [6, 6.07) is 10.7. The van der Waals surface area contributed by atoms with Crippen molar-refractivity contribution in [2.24, 2.45) is 0 Å². The minimum Gasteiger partial charge on any atom is -0.495 e. The maximum absolute atomic E-state index is 5.36. The topological polar surface area (TPSA) is 21.3 Å². The lowest BCUT2D eigenvalue weighted by atomic mass is 10.2. The highest BCUT2D eigenvalue weighted by Crippen LogP contribution is 2.30. The number of anilines is 1. The quantitative estimate of drug-likeness (QED) is 0.872. The van der Waals surface area contributed by atoms with Crippen LogP contribution in [0, 0.1) is 6.92 Å². The largest absolute Gasteiger partial charge is 0.495 e. The number of nitrogens with one attached hydrogen (secondary N) is 1. The van der Waals surface area contributed by atoms with Crippen LogP contribution in [0.2, 0.25) is 0 Å². The Balaban J connectivity index is 2.20. The van der Waals surface area contributed by atoms with Crippen LogP contribution in [0.4, 0.5) is 5.69 Å². The first-order valence-electron chi connectivity index (χ1n) is 5.65. The third kappa shape index (κ3) is 2.80. The van der Waals surface area contributed by atoms with E-state index in [0.29, 0.717) is 6.04 Å². The van der Waals surface area contributed by atoms with Crippen LogP contribution in [-0.2, 0) is 0 Å². The number of rotatable bonds is 4. The molecule has 0 saturated carbocycles. The molecule has 0 fully saturated rings. The Bertz CT molecular complexity index is 479. The minimum absolute atomic E-state index is 0.297. The number of hydrogen-bond acceptors (Lipinski definition) is 3. The van der Waals surface area contributed by atoms with Crippen LogP contribution in [0.3, 0.4) is 0 Å².